The summed E-state index contributed by atoms with van der Waals surface area (Å²) >= 11 is 2.08. The first-order valence-electron chi connectivity index (χ1n) is 7.27. The SMILES string of the molecule is CC1(NC2CCOC3(CCSCC3)C2)CCOC1. The van der Waals surface area contributed by atoms with Crippen molar-refractivity contribution >= 4 is 11.8 Å². The Bertz CT molecular complexity index is 280. The van der Waals surface area contributed by atoms with Gasteiger partial charge in [-0.1, -0.05) is 0 Å². The van der Waals surface area contributed by atoms with E-state index in [0.717, 1.165) is 32.7 Å². The summed E-state index contributed by atoms with van der Waals surface area (Å²) in [4.78, 5) is 0. The lowest BCUT2D eigenvalue weighted by molar-refractivity contribution is -0.0959. The van der Waals surface area contributed by atoms with Gasteiger partial charge in [0.15, 0.2) is 0 Å². The Kier molecular flexibility index (Phi) is 3.90. The molecule has 0 radical (unpaired) electrons. The Morgan fingerprint density at radius 2 is 2.00 bits per heavy atom. The van der Waals surface area contributed by atoms with E-state index in [1.165, 1.54) is 30.8 Å². The van der Waals surface area contributed by atoms with E-state index in [0.29, 0.717) is 6.04 Å². The molecular weight excluding hydrogens is 246 g/mol. The van der Waals surface area contributed by atoms with Crippen LogP contribution >= 0.6 is 11.8 Å². The van der Waals surface area contributed by atoms with Crippen molar-refractivity contribution < 1.29 is 9.47 Å². The van der Waals surface area contributed by atoms with Crippen LogP contribution in [0.5, 0.6) is 0 Å². The van der Waals surface area contributed by atoms with Crippen LogP contribution < -0.4 is 5.32 Å². The normalized spacial score (nSPS) is 40.2. The second kappa shape index (κ2) is 5.31. The number of rotatable bonds is 2. The van der Waals surface area contributed by atoms with Crippen molar-refractivity contribution in [2.75, 3.05) is 31.3 Å². The van der Waals surface area contributed by atoms with Gasteiger partial charge in [0, 0.05) is 24.8 Å². The van der Waals surface area contributed by atoms with E-state index in [2.05, 4.69) is 24.0 Å². The predicted molar refractivity (Wildman–Crippen MR) is 75.2 cm³/mol. The van der Waals surface area contributed by atoms with E-state index in [9.17, 15) is 0 Å². The van der Waals surface area contributed by atoms with Crippen molar-refractivity contribution in [2.45, 2.75) is 56.2 Å². The predicted octanol–water partition coefficient (Wildman–Crippen LogP) is 2.20. The quantitative estimate of drug-likeness (QED) is 0.834. The molecule has 1 N–H and O–H groups in total. The van der Waals surface area contributed by atoms with Crippen LogP contribution in [0.15, 0.2) is 0 Å². The van der Waals surface area contributed by atoms with Gasteiger partial charge in [0.25, 0.3) is 0 Å². The summed E-state index contributed by atoms with van der Waals surface area (Å²) in [6.07, 6.45) is 5.98. The van der Waals surface area contributed by atoms with Crippen LogP contribution in [0, 0.1) is 0 Å². The highest BCUT2D eigenvalue weighted by molar-refractivity contribution is 7.99. The van der Waals surface area contributed by atoms with Crippen molar-refractivity contribution in [1.29, 1.82) is 0 Å². The van der Waals surface area contributed by atoms with Crippen LogP contribution in [-0.4, -0.2) is 48.5 Å². The molecule has 2 atom stereocenters. The third-order valence-electron chi connectivity index (χ3n) is 4.67. The molecule has 0 aromatic rings. The summed E-state index contributed by atoms with van der Waals surface area (Å²) in [7, 11) is 0. The Balaban J connectivity index is 1.59. The minimum Gasteiger partial charge on any atom is -0.379 e. The Hall–Kier alpha value is 0.230. The largest absolute Gasteiger partial charge is 0.379 e. The van der Waals surface area contributed by atoms with E-state index in [4.69, 9.17) is 9.47 Å². The molecule has 3 aliphatic heterocycles. The fraction of sp³-hybridized carbons (Fsp3) is 1.00. The molecule has 3 saturated heterocycles. The maximum absolute atomic E-state index is 6.15. The molecule has 0 amide bonds. The van der Waals surface area contributed by atoms with Crippen molar-refractivity contribution in [2.24, 2.45) is 0 Å². The minimum absolute atomic E-state index is 0.191. The monoisotopic (exact) mass is 271 g/mol. The summed E-state index contributed by atoms with van der Waals surface area (Å²) in [5.41, 5.74) is 0.392. The topological polar surface area (TPSA) is 30.5 Å². The summed E-state index contributed by atoms with van der Waals surface area (Å²) in [6, 6.07) is 0.619. The number of thioether (sulfide) groups is 1. The van der Waals surface area contributed by atoms with Gasteiger partial charge in [-0.25, -0.2) is 0 Å². The standard InChI is InChI=1S/C14H25NO2S/c1-13(3-7-16-11-13)15-12-2-6-17-14(10-12)4-8-18-9-5-14/h12,15H,2-11H2,1H3. The molecule has 3 fully saturated rings. The zero-order valence-electron chi connectivity index (χ0n) is 11.4. The molecule has 3 aliphatic rings. The lowest BCUT2D eigenvalue weighted by Gasteiger charge is -2.45. The van der Waals surface area contributed by atoms with Gasteiger partial charge < -0.3 is 14.8 Å². The maximum Gasteiger partial charge on any atom is 0.0713 e. The van der Waals surface area contributed by atoms with Crippen molar-refractivity contribution in [1.82, 2.24) is 5.32 Å². The molecule has 3 rings (SSSR count). The average molecular weight is 271 g/mol. The zero-order chi connectivity index (χ0) is 12.5. The van der Waals surface area contributed by atoms with Crippen molar-refractivity contribution in [3.63, 3.8) is 0 Å². The Labute approximate surface area is 114 Å². The van der Waals surface area contributed by atoms with Crippen molar-refractivity contribution in [3.8, 4) is 0 Å². The first kappa shape index (κ1) is 13.2. The van der Waals surface area contributed by atoms with Gasteiger partial charge in [-0.2, -0.15) is 11.8 Å². The molecule has 0 aliphatic carbocycles. The number of ether oxygens (including phenoxy) is 2. The smallest absolute Gasteiger partial charge is 0.0713 e. The van der Waals surface area contributed by atoms with Gasteiger partial charge >= 0.3 is 0 Å². The van der Waals surface area contributed by atoms with Crippen LogP contribution in [0.3, 0.4) is 0 Å². The molecule has 3 nitrogen and oxygen atoms in total. The lowest BCUT2D eigenvalue weighted by atomic mass is 9.84. The molecule has 0 aromatic carbocycles. The van der Waals surface area contributed by atoms with Crippen LogP contribution in [0.4, 0.5) is 0 Å². The van der Waals surface area contributed by atoms with E-state index < -0.39 is 0 Å². The summed E-state index contributed by atoms with van der Waals surface area (Å²) in [5, 5.41) is 3.85. The number of nitrogens with one attached hydrogen (secondary N) is 1. The molecule has 0 aromatic heterocycles. The first-order valence-corrected chi connectivity index (χ1v) is 8.43. The van der Waals surface area contributed by atoms with Crippen LogP contribution in [0.1, 0.15) is 39.0 Å². The number of hydrogen-bond donors (Lipinski definition) is 1. The summed E-state index contributed by atoms with van der Waals surface area (Å²) < 4.78 is 11.7. The minimum atomic E-state index is 0.191. The average Bonchev–Trinajstić information content (AvgIpc) is 2.77. The third kappa shape index (κ3) is 2.87. The molecule has 104 valence electrons. The lowest BCUT2D eigenvalue weighted by Crippen LogP contribution is -2.55. The molecular formula is C14H25NO2S. The van der Waals surface area contributed by atoms with Gasteiger partial charge in [0.2, 0.25) is 0 Å². The third-order valence-corrected chi connectivity index (χ3v) is 5.65. The summed E-state index contributed by atoms with van der Waals surface area (Å²) in [6.45, 7) is 5.01. The second-order valence-electron chi connectivity index (χ2n) is 6.34. The molecule has 1 spiro atoms. The fourth-order valence-electron chi connectivity index (χ4n) is 3.52. The Morgan fingerprint density at radius 1 is 1.17 bits per heavy atom. The van der Waals surface area contributed by atoms with Gasteiger partial charge in [0.1, 0.15) is 0 Å². The maximum atomic E-state index is 6.15. The second-order valence-corrected chi connectivity index (χ2v) is 7.57. The molecule has 3 heterocycles. The van der Waals surface area contributed by atoms with Crippen LogP contribution in [-0.2, 0) is 9.47 Å². The molecule has 0 bridgehead atoms. The van der Waals surface area contributed by atoms with E-state index >= 15 is 0 Å². The molecule has 2 unspecified atom stereocenters. The highest BCUT2D eigenvalue weighted by Gasteiger charge is 2.41. The van der Waals surface area contributed by atoms with Gasteiger partial charge in [-0.15, -0.1) is 0 Å². The Morgan fingerprint density at radius 3 is 2.72 bits per heavy atom. The number of hydrogen-bond acceptors (Lipinski definition) is 4. The molecule has 18 heavy (non-hydrogen) atoms. The van der Waals surface area contributed by atoms with E-state index in [1.807, 2.05) is 0 Å². The van der Waals surface area contributed by atoms with E-state index in [-0.39, 0.29) is 11.1 Å². The van der Waals surface area contributed by atoms with E-state index in [1.54, 1.807) is 0 Å². The van der Waals surface area contributed by atoms with Crippen molar-refractivity contribution in [3.05, 3.63) is 0 Å². The van der Waals surface area contributed by atoms with Gasteiger partial charge in [-0.05, 0) is 50.5 Å². The van der Waals surface area contributed by atoms with Gasteiger partial charge in [0.05, 0.1) is 12.2 Å². The first-order chi connectivity index (χ1) is 8.70. The van der Waals surface area contributed by atoms with Crippen LogP contribution in [0.2, 0.25) is 0 Å². The zero-order valence-corrected chi connectivity index (χ0v) is 12.2. The van der Waals surface area contributed by atoms with Gasteiger partial charge in [-0.3, -0.25) is 0 Å². The highest BCUT2D eigenvalue weighted by atomic mass is 32.2. The summed E-state index contributed by atoms with van der Waals surface area (Å²) in [5.74, 6) is 2.54. The molecule has 4 heteroatoms. The fourth-order valence-corrected chi connectivity index (χ4v) is 4.75. The molecule has 0 saturated carbocycles. The highest BCUT2D eigenvalue weighted by Crippen LogP contribution is 2.38. The van der Waals surface area contributed by atoms with Crippen LogP contribution in [0.25, 0.3) is 0 Å².